The van der Waals surface area contributed by atoms with Gasteiger partial charge in [-0.25, -0.2) is 0 Å². The maximum atomic E-state index is 12.9. The van der Waals surface area contributed by atoms with E-state index >= 15 is 0 Å². The van der Waals surface area contributed by atoms with Crippen LogP contribution in [0, 0.1) is 12.3 Å². The lowest BCUT2D eigenvalue weighted by Crippen LogP contribution is -2.51. The summed E-state index contributed by atoms with van der Waals surface area (Å²) in [5.74, 6) is 0.0641. The predicted octanol–water partition coefficient (Wildman–Crippen LogP) is 1.24. The molecule has 144 valence electrons. The van der Waals surface area contributed by atoms with Crippen LogP contribution in [-0.2, 0) is 14.3 Å². The standard InChI is InChI=1S/C20H31N3O3/c1-16-3-2-4-17(13-16)18(23-7-11-26-12-8-23)14-22-19(24)20(15-21)5-9-25-10-6-20/h2-4,13,18H,5-12,14-15,21H2,1H3,(H,22,24). The number of hydrogen-bond acceptors (Lipinski definition) is 5. The number of aryl methyl sites for hydroxylation is 1. The van der Waals surface area contributed by atoms with Gasteiger partial charge in [0.05, 0.1) is 24.7 Å². The van der Waals surface area contributed by atoms with Crippen LogP contribution in [-0.4, -0.2) is 63.4 Å². The van der Waals surface area contributed by atoms with E-state index in [4.69, 9.17) is 15.2 Å². The highest BCUT2D eigenvalue weighted by atomic mass is 16.5. The molecule has 1 unspecified atom stereocenters. The summed E-state index contributed by atoms with van der Waals surface area (Å²) in [7, 11) is 0. The Balaban J connectivity index is 1.72. The van der Waals surface area contributed by atoms with Gasteiger partial charge in [0.2, 0.25) is 5.91 Å². The fourth-order valence-corrected chi connectivity index (χ4v) is 3.89. The van der Waals surface area contributed by atoms with Crippen molar-refractivity contribution < 1.29 is 14.3 Å². The molecular formula is C20H31N3O3. The zero-order chi connectivity index (χ0) is 18.4. The summed E-state index contributed by atoms with van der Waals surface area (Å²) in [6, 6.07) is 8.69. The lowest BCUT2D eigenvalue weighted by molar-refractivity contribution is -0.136. The number of benzene rings is 1. The molecule has 1 atom stereocenters. The van der Waals surface area contributed by atoms with Crippen LogP contribution < -0.4 is 11.1 Å². The molecule has 2 fully saturated rings. The van der Waals surface area contributed by atoms with Crippen LogP contribution in [0.15, 0.2) is 24.3 Å². The van der Waals surface area contributed by atoms with Crippen molar-refractivity contribution in [1.82, 2.24) is 10.2 Å². The van der Waals surface area contributed by atoms with Gasteiger partial charge < -0.3 is 20.5 Å². The number of nitrogens with zero attached hydrogens (tertiary/aromatic N) is 1. The number of carbonyl (C=O) groups is 1. The Bertz CT molecular complexity index is 596. The monoisotopic (exact) mass is 361 g/mol. The van der Waals surface area contributed by atoms with Gasteiger partial charge in [-0.3, -0.25) is 9.69 Å². The average molecular weight is 361 g/mol. The van der Waals surface area contributed by atoms with Crippen molar-refractivity contribution in [2.75, 3.05) is 52.6 Å². The summed E-state index contributed by atoms with van der Waals surface area (Å²) in [6.07, 6.45) is 1.39. The molecule has 0 bridgehead atoms. The van der Waals surface area contributed by atoms with Crippen molar-refractivity contribution in [2.24, 2.45) is 11.1 Å². The van der Waals surface area contributed by atoms with Gasteiger partial charge in [0.25, 0.3) is 0 Å². The molecule has 3 N–H and O–H groups in total. The van der Waals surface area contributed by atoms with Crippen molar-refractivity contribution in [3.8, 4) is 0 Å². The van der Waals surface area contributed by atoms with Gasteiger partial charge in [-0.05, 0) is 25.3 Å². The van der Waals surface area contributed by atoms with E-state index in [1.54, 1.807) is 0 Å². The minimum atomic E-state index is -0.486. The summed E-state index contributed by atoms with van der Waals surface area (Å²) in [6.45, 7) is 7.50. The molecule has 6 nitrogen and oxygen atoms in total. The number of rotatable bonds is 6. The second-order valence-electron chi connectivity index (χ2n) is 7.39. The minimum absolute atomic E-state index is 0.0641. The summed E-state index contributed by atoms with van der Waals surface area (Å²) in [4.78, 5) is 15.3. The Kier molecular flexibility index (Phi) is 6.64. The van der Waals surface area contributed by atoms with Gasteiger partial charge in [-0.1, -0.05) is 29.8 Å². The maximum Gasteiger partial charge on any atom is 0.227 e. The summed E-state index contributed by atoms with van der Waals surface area (Å²) in [5.41, 5.74) is 7.96. The molecule has 2 heterocycles. The molecule has 2 aliphatic rings. The van der Waals surface area contributed by atoms with Gasteiger partial charge in [-0.2, -0.15) is 0 Å². The average Bonchev–Trinajstić information content (AvgIpc) is 2.69. The molecule has 0 spiro atoms. The van der Waals surface area contributed by atoms with E-state index in [1.165, 1.54) is 11.1 Å². The van der Waals surface area contributed by atoms with E-state index in [9.17, 15) is 4.79 Å². The van der Waals surface area contributed by atoms with Gasteiger partial charge in [0, 0.05) is 39.4 Å². The van der Waals surface area contributed by atoms with Gasteiger partial charge >= 0.3 is 0 Å². The molecule has 26 heavy (non-hydrogen) atoms. The lowest BCUT2D eigenvalue weighted by Gasteiger charge is -2.37. The molecule has 1 aromatic rings. The largest absolute Gasteiger partial charge is 0.381 e. The van der Waals surface area contributed by atoms with E-state index in [-0.39, 0.29) is 11.9 Å². The number of nitrogens with one attached hydrogen (secondary N) is 1. The molecule has 0 saturated carbocycles. The number of carbonyl (C=O) groups excluding carboxylic acids is 1. The Labute approximate surface area is 156 Å². The third-order valence-electron chi connectivity index (χ3n) is 5.69. The molecule has 3 rings (SSSR count). The van der Waals surface area contributed by atoms with E-state index in [2.05, 4.69) is 41.4 Å². The molecule has 2 saturated heterocycles. The number of ether oxygens (including phenoxy) is 2. The van der Waals surface area contributed by atoms with Crippen LogP contribution >= 0.6 is 0 Å². The first-order valence-corrected chi connectivity index (χ1v) is 9.59. The lowest BCUT2D eigenvalue weighted by atomic mass is 9.79. The molecule has 2 aliphatic heterocycles. The quantitative estimate of drug-likeness (QED) is 0.797. The van der Waals surface area contributed by atoms with E-state index < -0.39 is 5.41 Å². The van der Waals surface area contributed by atoms with Crippen molar-refractivity contribution in [1.29, 1.82) is 0 Å². The number of morpholine rings is 1. The number of hydrogen-bond donors (Lipinski definition) is 2. The molecular weight excluding hydrogens is 330 g/mol. The van der Waals surface area contributed by atoms with E-state index in [0.717, 1.165) is 26.3 Å². The van der Waals surface area contributed by atoms with Gasteiger partial charge in [0.15, 0.2) is 0 Å². The van der Waals surface area contributed by atoms with Crippen molar-refractivity contribution >= 4 is 5.91 Å². The molecule has 1 aromatic carbocycles. The van der Waals surface area contributed by atoms with Gasteiger partial charge in [-0.15, -0.1) is 0 Å². The fraction of sp³-hybridized carbons (Fsp3) is 0.650. The first kappa shape index (κ1) is 19.3. The Morgan fingerprint density at radius 2 is 1.92 bits per heavy atom. The SMILES string of the molecule is Cc1cccc(C(CNC(=O)C2(CN)CCOCC2)N2CCOCC2)c1. The molecule has 1 amide bonds. The Morgan fingerprint density at radius 1 is 1.23 bits per heavy atom. The van der Waals surface area contributed by atoms with Crippen molar-refractivity contribution in [3.63, 3.8) is 0 Å². The van der Waals surface area contributed by atoms with Crippen LogP contribution in [0.4, 0.5) is 0 Å². The molecule has 0 radical (unpaired) electrons. The maximum absolute atomic E-state index is 12.9. The van der Waals surface area contributed by atoms with Crippen LogP contribution in [0.3, 0.4) is 0 Å². The summed E-state index contributed by atoms with van der Waals surface area (Å²) in [5, 5.41) is 3.20. The zero-order valence-electron chi connectivity index (χ0n) is 15.7. The van der Waals surface area contributed by atoms with Crippen LogP contribution in [0.2, 0.25) is 0 Å². The number of amides is 1. The van der Waals surface area contributed by atoms with Crippen molar-refractivity contribution in [2.45, 2.75) is 25.8 Å². The highest BCUT2D eigenvalue weighted by molar-refractivity contribution is 5.83. The Morgan fingerprint density at radius 3 is 2.58 bits per heavy atom. The van der Waals surface area contributed by atoms with E-state index in [0.29, 0.717) is 39.1 Å². The minimum Gasteiger partial charge on any atom is -0.381 e. The van der Waals surface area contributed by atoms with Crippen LogP contribution in [0.1, 0.15) is 30.0 Å². The topological polar surface area (TPSA) is 76.8 Å². The third kappa shape index (κ3) is 4.43. The van der Waals surface area contributed by atoms with Crippen LogP contribution in [0.25, 0.3) is 0 Å². The van der Waals surface area contributed by atoms with Crippen LogP contribution in [0.5, 0.6) is 0 Å². The first-order valence-electron chi connectivity index (χ1n) is 9.59. The predicted molar refractivity (Wildman–Crippen MR) is 101 cm³/mol. The third-order valence-corrected chi connectivity index (χ3v) is 5.69. The first-order chi connectivity index (χ1) is 12.6. The second kappa shape index (κ2) is 8.95. The Hall–Kier alpha value is -1.47. The summed E-state index contributed by atoms with van der Waals surface area (Å²) >= 11 is 0. The normalized spacial score (nSPS) is 21.9. The van der Waals surface area contributed by atoms with Gasteiger partial charge in [0.1, 0.15) is 0 Å². The van der Waals surface area contributed by atoms with Crippen molar-refractivity contribution in [3.05, 3.63) is 35.4 Å². The molecule has 0 aromatic heterocycles. The molecule has 6 heteroatoms. The summed E-state index contributed by atoms with van der Waals surface area (Å²) < 4.78 is 10.9. The highest BCUT2D eigenvalue weighted by Crippen LogP contribution is 2.30. The zero-order valence-corrected chi connectivity index (χ0v) is 15.7. The van der Waals surface area contributed by atoms with E-state index in [1.807, 2.05) is 0 Å². The second-order valence-corrected chi connectivity index (χ2v) is 7.39. The fourth-order valence-electron chi connectivity index (χ4n) is 3.89. The smallest absolute Gasteiger partial charge is 0.227 e. The number of nitrogens with two attached hydrogens (primary N) is 1. The highest BCUT2D eigenvalue weighted by Gasteiger charge is 2.39. The molecule has 0 aliphatic carbocycles.